The van der Waals surface area contributed by atoms with E-state index in [9.17, 15) is 0 Å². The Morgan fingerprint density at radius 2 is 1.69 bits per heavy atom. The molecule has 0 fully saturated rings. The summed E-state index contributed by atoms with van der Waals surface area (Å²) in [5.74, 6) is 1.78. The van der Waals surface area contributed by atoms with E-state index in [0.717, 1.165) is 37.8 Å². The molecule has 0 radical (unpaired) electrons. The Bertz CT molecular complexity index is 454. The summed E-state index contributed by atoms with van der Waals surface area (Å²) in [6, 6.07) is 9.89. The van der Waals surface area contributed by atoms with Gasteiger partial charge in [-0.05, 0) is 52.5 Å². The third-order valence-electron chi connectivity index (χ3n) is 3.78. The van der Waals surface area contributed by atoms with Crippen molar-refractivity contribution in [3.8, 4) is 5.75 Å². The fraction of sp³-hybridized carbons (Fsp3) is 0.650. The molecule has 1 rings (SSSR count). The van der Waals surface area contributed by atoms with Crippen LogP contribution >= 0.6 is 24.0 Å². The number of nitrogens with zero attached hydrogens (tertiary/aromatic N) is 2. The maximum absolute atomic E-state index is 5.68. The van der Waals surface area contributed by atoms with Crippen LogP contribution in [0.25, 0.3) is 0 Å². The Hall–Kier alpha value is -1.02. The van der Waals surface area contributed by atoms with Crippen molar-refractivity contribution < 1.29 is 4.74 Å². The molecule has 1 aromatic carbocycles. The van der Waals surface area contributed by atoms with E-state index in [2.05, 4.69) is 41.5 Å². The summed E-state index contributed by atoms with van der Waals surface area (Å²) in [5, 5.41) is 6.61. The number of ether oxygens (including phenoxy) is 1. The Kier molecular flexibility index (Phi) is 16.7. The highest BCUT2D eigenvalue weighted by Crippen LogP contribution is 2.07. The van der Waals surface area contributed by atoms with Crippen LogP contribution in [0, 0.1) is 0 Å². The minimum absolute atomic E-state index is 0. The van der Waals surface area contributed by atoms with Crippen molar-refractivity contribution in [3.05, 3.63) is 30.3 Å². The van der Waals surface area contributed by atoms with E-state index in [4.69, 9.17) is 4.74 Å². The SMILES string of the molecule is CCNC(=NCCCCCCCN(C)C)NCCOc1ccccc1.I. The highest BCUT2D eigenvalue weighted by Gasteiger charge is 1.98. The van der Waals surface area contributed by atoms with Crippen LogP contribution in [0.5, 0.6) is 5.75 Å². The van der Waals surface area contributed by atoms with Crippen LogP contribution in [0.4, 0.5) is 0 Å². The Labute approximate surface area is 177 Å². The van der Waals surface area contributed by atoms with E-state index >= 15 is 0 Å². The summed E-state index contributed by atoms with van der Waals surface area (Å²) in [6.45, 7) is 6.39. The molecule has 150 valence electrons. The molecule has 0 unspecified atom stereocenters. The molecule has 0 amide bonds. The van der Waals surface area contributed by atoms with Gasteiger partial charge in [0.25, 0.3) is 0 Å². The van der Waals surface area contributed by atoms with Crippen LogP contribution in [0.2, 0.25) is 0 Å². The van der Waals surface area contributed by atoms with Crippen LogP contribution < -0.4 is 15.4 Å². The molecule has 0 atom stereocenters. The third-order valence-corrected chi connectivity index (χ3v) is 3.78. The third kappa shape index (κ3) is 14.2. The number of hydrogen-bond acceptors (Lipinski definition) is 3. The van der Waals surface area contributed by atoms with Gasteiger partial charge >= 0.3 is 0 Å². The van der Waals surface area contributed by atoms with Gasteiger partial charge in [0.2, 0.25) is 0 Å². The summed E-state index contributed by atoms with van der Waals surface area (Å²) in [7, 11) is 4.27. The Balaban J connectivity index is 0.00000625. The summed E-state index contributed by atoms with van der Waals surface area (Å²) in [5.41, 5.74) is 0. The molecule has 2 N–H and O–H groups in total. The number of rotatable bonds is 13. The number of aliphatic imine (C=N–C) groups is 1. The van der Waals surface area contributed by atoms with Crippen LogP contribution in [-0.4, -0.2) is 57.7 Å². The van der Waals surface area contributed by atoms with Crippen molar-refractivity contribution in [2.24, 2.45) is 4.99 Å². The predicted molar refractivity (Wildman–Crippen MR) is 123 cm³/mol. The van der Waals surface area contributed by atoms with Crippen LogP contribution in [0.1, 0.15) is 39.0 Å². The first kappa shape index (κ1) is 25.0. The summed E-state index contributed by atoms with van der Waals surface area (Å²) < 4.78 is 5.68. The molecule has 26 heavy (non-hydrogen) atoms. The minimum Gasteiger partial charge on any atom is -0.492 e. The molecule has 0 aliphatic carbocycles. The molecule has 0 spiro atoms. The molecule has 6 heteroatoms. The molecule has 0 saturated heterocycles. The van der Waals surface area contributed by atoms with Gasteiger partial charge in [-0.3, -0.25) is 4.99 Å². The normalized spacial score (nSPS) is 11.2. The maximum Gasteiger partial charge on any atom is 0.191 e. The molecular formula is C20H37IN4O. The number of halogens is 1. The number of hydrogen-bond donors (Lipinski definition) is 2. The number of para-hydroxylation sites is 1. The lowest BCUT2D eigenvalue weighted by molar-refractivity contribution is 0.322. The summed E-state index contributed by atoms with van der Waals surface area (Å²) in [6.07, 6.45) is 6.32. The largest absolute Gasteiger partial charge is 0.492 e. The first-order chi connectivity index (χ1) is 12.2. The minimum atomic E-state index is 0. The van der Waals surface area contributed by atoms with Gasteiger partial charge in [-0.15, -0.1) is 24.0 Å². The molecule has 1 aromatic rings. The number of unbranched alkanes of at least 4 members (excludes halogenated alkanes) is 4. The quantitative estimate of drug-likeness (QED) is 0.197. The highest BCUT2D eigenvalue weighted by molar-refractivity contribution is 14.0. The topological polar surface area (TPSA) is 48.9 Å². The van der Waals surface area contributed by atoms with E-state index in [1.807, 2.05) is 30.3 Å². The van der Waals surface area contributed by atoms with Gasteiger partial charge in [-0.1, -0.05) is 37.5 Å². The average molecular weight is 476 g/mol. The van der Waals surface area contributed by atoms with Crippen molar-refractivity contribution in [1.82, 2.24) is 15.5 Å². The van der Waals surface area contributed by atoms with Gasteiger partial charge in [0, 0.05) is 13.1 Å². The van der Waals surface area contributed by atoms with Crippen LogP contribution in [-0.2, 0) is 0 Å². The molecule has 0 aliphatic rings. The zero-order valence-corrected chi connectivity index (χ0v) is 19.0. The molecule has 0 aliphatic heterocycles. The molecule has 0 aromatic heterocycles. The van der Waals surface area contributed by atoms with Crippen molar-refractivity contribution in [1.29, 1.82) is 0 Å². The zero-order valence-electron chi connectivity index (χ0n) is 16.7. The standard InChI is InChI=1S/C20H36N4O.HI/c1-4-21-20(22-15-11-6-5-7-12-17-24(2)3)23-16-18-25-19-13-9-8-10-14-19;/h8-10,13-14H,4-7,11-12,15-18H2,1-3H3,(H2,21,22,23);1H. The summed E-state index contributed by atoms with van der Waals surface area (Å²) >= 11 is 0. The van der Waals surface area contributed by atoms with Crippen molar-refractivity contribution in [2.45, 2.75) is 39.0 Å². The molecule has 0 bridgehead atoms. The number of guanidine groups is 1. The van der Waals surface area contributed by atoms with Crippen molar-refractivity contribution in [2.75, 3.05) is 46.9 Å². The predicted octanol–water partition coefficient (Wildman–Crippen LogP) is 3.75. The second kappa shape index (κ2) is 17.4. The number of nitrogens with one attached hydrogen (secondary N) is 2. The highest BCUT2D eigenvalue weighted by atomic mass is 127. The van der Waals surface area contributed by atoms with Gasteiger partial charge in [0.15, 0.2) is 5.96 Å². The molecule has 5 nitrogen and oxygen atoms in total. The zero-order chi connectivity index (χ0) is 18.2. The fourth-order valence-electron chi connectivity index (χ4n) is 2.46. The van der Waals surface area contributed by atoms with Gasteiger partial charge < -0.3 is 20.3 Å². The molecule has 0 heterocycles. The van der Waals surface area contributed by atoms with E-state index < -0.39 is 0 Å². The van der Waals surface area contributed by atoms with E-state index in [0.29, 0.717) is 6.61 Å². The van der Waals surface area contributed by atoms with Gasteiger partial charge in [0.1, 0.15) is 12.4 Å². The van der Waals surface area contributed by atoms with Gasteiger partial charge in [-0.25, -0.2) is 0 Å². The van der Waals surface area contributed by atoms with Gasteiger partial charge in [-0.2, -0.15) is 0 Å². The molecule has 0 saturated carbocycles. The molecular weight excluding hydrogens is 439 g/mol. The fourth-order valence-corrected chi connectivity index (χ4v) is 2.46. The summed E-state index contributed by atoms with van der Waals surface area (Å²) in [4.78, 5) is 6.88. The van der Waals surface area contributed by atoms with Crippen LogP contribution in [0.3, 0.4) is 0 Å². The lowest BCUT2D eigenvalue weighted by Gasteiger charge is -2.12. The van der Waals surface area contributed by atoms with Gasteiger partial charge in [0.05, 0.1) is 6.54 Å². The van der Waals surface area contributed by atoms with E-state index in [-0.39, 0.29) is 24.0 Å². The lowest BCUT2D eigenvalue weighted by atomic mass is 10.1. The Morgan fingerprint density at radius 1 is 1.00 bits per heavy atom. The van der Waals surface area contributed by atoms with Crippen molar-refractivity contribution in [3.63, 3.8) is 0 Å². The maximum atomic E-state index is 5.68. The average Bonchev–Trinajstić information content (AvgIpc) is 2.61. The number of benzene rings is 1. The Morgan fingerprint density at radius 3 is 2.38 bits per heavy atom. The monoisotopic (exact) mass is 476 g/mol. The van der Waals surface area contributed by atoms with Crippen molar-refractivity contribution >= 4 is 29.9 Å². The first-order valence-corrected chi connectivity index (χ1v) is 9.57. The second-order valence-corrected chi connectivity index (χ2v) is 6.42. The van der Waals surface area contributed by atoms with Crippen LogP contribution in [0.15, 0.2) is 35.3 Å². The lowest BCUT2D eigenvalue weighted by Crippen LogP contribution is -2.39. The smallest absolute Gasteiger partial charge is 0.191 e. The first-order valence-electron chi connectivity index (χ1n) is 9.57. The van der Waals surface area contributed by atoms with E-state index in [1.54, 1.807) is 0 Å². The second-order valence-electron chi connectivity index (χ2n) is 6.42. The van der Waals surface area contributed by atoms with E-state index in [1.165, 1.54) is 32.2 Å².